The molecule has 0 bridgehead atoms. The Balaban J connectivity index is 2.10. The number of amides is 1. The van der Waals surface area contributed by atoms with Crippen LogP contribution in [0.1, 0.15) is 5.56 Å². The zero-order chi connectivity index (χ0) is 16.1. The lowest BCUT2D eigenvalue weighted by Gasteiger charge is -2.12. The van der Waals surface area contributed by atoms with Gasteiger partial charge in [0.1, 0.15) is 17.2 Å². The van der Waals surface area contributed by atoms with Crippen molar-refractivity contribution in [1.82, 2.24) is 0 Å². The highest BCUT2D eigenvalue weighted by atomic mass is 16.5. The van der Waals surface area contributed by atoms with E-state index >= 15 is 0 Å². The molecule has 0 aliphatic heterocycles. The van der Waals surface area contributed by atoms with Gasteiger partial charge in [-0.15, -0.1) is 0 Å². The van der Waals surface area contributed by atoms with Crippen molar-refractivity contribution in [2.45, 2.75) is 6.42 Å². The number of nitrogens with one attached hydrogen (secondary N) is 1. The van der Waals surface area contributed by atoms with E-state index in [0.29, 0.717) is 22.7 Å². The average molecular weight is 302 g/mol. The van der Waals surface area contributed by atoms with Gasteiger partial charge in [-0.1, -0.05) is 6.07 Å². The summed E-state index contributed by atoms with van der Waals surface area (Å²) in [6.45, 7) is 0. The van der Waals surface area contributed by atoms with Gasteiger partial charge >= 0.3 is 0 Å². The number of ether oxygens (including phenoxy) is 2. The first kappa shape index (κ1) is 15.5. The van der Waals surface area contributed by atoms with E-state index in [1.54, 1.807) is 37.4 Å². The van der Waals surface area contributed by atoms with E-state index in [0.717, 1.165) is 0 Å². The Bertz CT molecular complexity index is 686. The molecule has 0 heterocycles. The SMILES string of the molecule is COc1ccc(NC(=O)Cc2ccc(N)c(O)c2)c(OC)c1. The highest BCUT2D eigenvalue weighted by molar-refractivity contribution is 5.94. The van der Waals surface area contributed by atoms with E-state index in [-0.39, 0.29) is 23.8 Å². The van der Waals surface area contributed by atoms with Gasteiger partial charge in [-0.25, -0.2) is 0 Å². The van der Waals surface area contributed by atoms with Gasteiger partial charge in [-0.05, 0) is 29.8 Å². The first-order valence-corrected chi connectivity index (χ1v) is 6.62. The van der Waals surface area contributed by atoms with Crippen molar-refractivity contribution in [3.8, 4) is 17.2 Å². The van der Waals surface area contributed by atoms with E-state index in [4.69, 9.17) is 15.2 Å². The summed E-state index contributed by atoms with van der Waals surface area (Å²) in [5.41, 5.74) is 7.02. The largest absolute Gasteiger partial charge is 0.506 e. The van der Waals surface area contributed by atoms with Crippen molar-refractivity contribution in [3.05, 3.63) is 42.0 Å². The zero-order valence-electron chi connectivity index (χ0n) is 12.4. The summed E-state index contributed by atoms with van der Waals surface area (Å²) in [7, 11) is 3.07. The molecule has 0 aliphatic rings. The van der Waals surface area contributed by atoms with Crippen molar-refractivity contribution in [3.63, 3.8) is 0 Å². The molecule has 0 spiro atoms. The smallest absolute Gasteiger partial charge is 0.228 e. The summed E-state index contributed by atoms with van der Waals surface area (Å²) >= 11 is 0. The van der Waals surface area contributed by atoms with Crippen LogP contribution >= 0.6 is 0 Å². The molecule has 0 aliphatic carbocycles. The lowest BCUT2D eigenvalue weighted by atomic mass is 10.1. The average Bonchev–Trinajstić information content (AvgIpc) is 2.51. The number of carbonyl (C=O) groups is 1. The van der Waals surface area contributed by atoms with Crippen LogP contribution in [0.15, 0.2) is 36.4 Å². The molecular weight excluding hydrogens is 284 g/mol. The molecule has 0 atom stereocenters. The standard InChI is InChI=1S/C16H18N2O4/c1-21-11-4-6-13(15(9-11)22-2)18-16(20)8-10-3-5-12(17)14(19)7-10/h3-7,9,19H,8,17H2,1-2H3,(H,18,20). The second kappa shape index (κ2) is 6.71. The van der Waals surface area contributed by atoms with Gasteiger partial charge in [0.25, 0.3) is 0 Å². The second-order valence-corrected chi connectivity index (χ2v) is 4.68. The van der Waals surface area contributed by atoms with Crippen LogP contribution in [0.2, 0.25) is 0 Å². The number of nitrogens with two attached hydrogens (primary N) is 1. The number of anilines is 2. The number of carbonyl (C=O) groups excluding carboxylic acids is 1. The number of hydrogen-bond acceptors (Lipinski definition) is 5. The summed E-state index contributed by atoms with van der Waals surface area (Å²) < 4.78 is 10.3. The first-order valence-electron chi connectivity index (χ1n) is 6.62. The molecule has 6 nitrogen and oxygen atoms in total. The van der Waals surface area contributed by atoms with Gasteiger partial charge in [0.2, 0.25) is 5.91 Å². The minimum atomic E-state index is -0.229. The van der Waals surface area contributed by atoms with Crippen LogP contribution < -0.4 is 20.5 Å². The molecular formula is C16H18N2O4. The van der Waals surface area contributed by atoms with E-state index in [2.05, 4.69) is 5.32 Å². The van der Waals surface area contributed by atoms with Gasteiger partial charge < -0.3 is 25.6 Å². The summed E-state index contributed by atoms with van der Waals surface area (Å²) in [5.74, 6) is 0.881. The fraction of sp³-hybridized carbons (Fsp3) is 0.188. The molecule has 6 heteroatoms. The number of aromatic hydroxyl groups is 1. The van der Waals surface area contributed by atoms with Crippen molar-refractivity contribution in [1.29, 1.82) is 0 Å². The Morgan fingerprint density at radius 1 is 1.18 bits per heavy atom. The van der Waals surface area contributed by atoms with Crippen LogP contribution in [-0.4, -0.2) is 25.2 Å². The number of methoxy groups -OCH3 is 2. The molecule has 1 amide bonds. The fourth-order valence-corrected chi connectivity index (χ4v) is 1.98. The maximum Gasteiger partial charge on any atom is 0.228 e. The maximum absolute atomic E-state index is 12.1. The molecule has 0 radical (unpaired) electrons. The van der Waals surface area contributed by atoms with Gasteiger partial charge in [0, 0.05) is 6.07 Å². The van der Waals surface area contributed by atoms with Crippen LogP contribution in [-0.2, 0) is 11.2 Å². The summed E-state index contributed by atoms with van der Waals surface area (Å²) in [4.78, 5) is 12.1. The van der Waals surface area contributed by atoms with Crippen LogP contribution in [0.3, 0.4) is 0 Å². The topological polar surface area (TPSA) is 93.8 Å². The summed E-state index contributed by atoms with van der Waals surface area (Å²) in [6, 6.07) is 9.85. The molecule has 116 valence electrons. The third kappa shape index (κ3) is 3.60. The van der Waals surface area contributed by atoms with Crippen LogP contribution in [0.5, 0.6) is 17.2 Å². The Morgan fingerprint density at radius 2 is 1.95 bits per heavy atom. The third-order valence-corrected chi connectivity index (χ3v) is 3.14. The lowest BCUT2D eigenvalue weighted by Crippen LogP contribution is -2.15. The molecule has 22 heavy (non-hydrogen) atoms. The Morgan fingerprint density at radius 3 is 2.59 bits per heavy atom. The molecule has 4 N–H and O–H groups in total. The monoisotopic (exact) mass is 302 g/mol. The van der Waals surface area contributed by atoms with Crippen LogP contribution in [0.4, 0.5) is 11.4 Å². The maximum atomic E-state index is 12.1. The molecule has 0 fully saturated rings. The molecule has 0 unspecified atom stereocenters. The van der Waals surface area contributed by atoms with Crippen molar-refractivity contribution < 1.29 is 19.4 Å². The number of phenolic OH excluding ortho intramolecular Hbond substituents is 1. The molecule has 2 aromatic rings. The Kier molecular flexibility index (Phi) is 4.73. The van der Waals surface area contributed by atoms with E-state index < -0.39 is 0 Å². The number of benzene rings is 2. The first-order chi connectivity index (χ1) is 10.5. The summed E-state index contributed by atoms with van der Waals surface area (Å²) in [6.07, 6.45) is 0.114. The minimum absolute atomic E-state index is 0.0349. The van der Waals surface area contributed by atoms with Gasteiger partial charge in [0.05, 0.1) is 32.0 Å². The predicted octanol–water partition coefficient (Wildman–Crippen LogP) is 2.17. The van der Waals surface area contributed by atoms with E-state index in [1.165, 1.54) is 13.2 Å². The lowest BCUT2D eigenvalue weighted by molar-refractivity contribution is -0.115. The Hall–Kier alpha value is -2.89. The molecule has 2 rings (SSSR count). The number of nitrogen functional groups attached to an aromatic ring is 1. The summed E-state index contributed by atoms with van der Waals surface area (Å²) in [5, 5.41) is 12.3. The fourth-order valence-electron chi connectivity index (χ4n) is 1.98. The number of hydrogen-bond donors (Lipinski definition) is 3. The second-order valence-electron chi connectivity index (χ2n) is 4.68. The van der Waals surface area contributed by atoms with Crippen molar-refractivity contribution in [2.75, 3.05) is 25.3 Å². The highest BCUT2D eigenvalue weighted by Crippen LogP contribution is 2.29. The third-order valence-electron chi connectivity index (χ3n) is 3.14. The van der Waals surface area contributed by atoms with E-state index in [9.17, 15) is 9.90 Å². The van der Waals surface area contributed by atoms with Crippen molar-refractivity contribution >= 4 is 17.3 Å². The minimum Gasteiger partial charge on any atom is -0.506 e. The molecule has 0 saturated carbocycles. The number of rotatable bonds is 5. The highest BCUT2D eigenvalue weighted by Gasteiger charge is 2.10. The molecule has 2 aromatic carbocycles. The van der Waals surface area contributed by atoms with Gasteiger partial charge in [-0.3, -0.25) is 4.79 Å². The van der Waals surface area contributed by atoms with Crippen LogP contribution in [0, 0.1) is 0 Å². The van der Waals surface area contributed by atoms with Crippen molar-refractivity contribution in [2.24, 2.45) is 0 Å². The molecule has 0 aromatic heterocycles. The van der Waals surface area contributed by atoms with Crippen LogP contribution in [0.25, 0.3) is 0 Å². The normalized spacial score (nSPS) is 10.1. The Labute approximate surface area is 128 Å². The quantitative estimate of drug-likeness (QED) is 0.581. The molecule has 0 saturated heterocycles. The van der Waals surface area contributed by atoms with Gasteiger partial charge in [0.15, 0.2) is 0 Å². The number of phenols is 1. The zero-order valence-corrected chi connectivity index (χ0v) is 12.4. The van der Waals surface area contributed by atoms with E-state index in [1.807, 2.05) is 0 Å². The van der Waals surface area contributed by atoms with Gasteiger partial charge in [-0.2, -0.15) is 0 Å². The predicted molar refractivity (Wildman–Crippen MR) is 84.4 cm³/mol.